The van der Waals surface area contributed by atoms with Crippen molar-refractivity contribution in [2.24, 2.45) is 0 Å². The molecule has 4 heteroatoms. The summed E-state index contributed by atoms with van der Waals surface area (Å²) in [5, 5.41) is 9.46. The second-order valence-electron chi connectivity index (χ2n) is 3.42. The van der Waals surface area contributed by atoms with Crippen LogP contribution in [0.3, 0.4) is 0 Å². The molecule has 0 aliphatic rings. The van der Waals surface area contributed by atoms with Crippen molar-refractivity contribution in [3.05, 3.63) is 42.1 Å². The fourth-order valence-corrected chi connectivity index (χ4v) is 1.47. The Balaban J connectivity index is 2.10. The zero-order valence-electron chi connectivity index (χ0n) is 8.59. The van der Waals surface area contributed by atoms with Crippen LogP contribution in [0, 0.1) is 0 Å². The summed E-state index contributed by atoms with van der Waals surface area (Å²) in [4.78, 5) is 14.5. The molecule has 0 bridgehead atoms. The van der Waals surface area contributed by atoms with Crippen LogP contribution in [0.1, 0.15) is 5.56 Å². The SMILES string of the molecule is O=C(O)COCc1ccc2ncccc2c1. The van der Waals surface area contributed by atoms with E-state index in [1.54, 1.807) is 6.20 Å². The third-order valence-electron chi connectivity index (χ3n) is 2.16. The van der Waals surface area contributed by atoms with Gasteiger partial charge in [-0.1, -0.05) is 12.1 Å². The second kappa shape index (κ2) is 4.72. The molecule has 4 nitrogen and oxygen atoms in total. The summed E-state index contributed by atoms with van der Waals surface area (Å²) in [6.07, 6.45) is 1.74. The molecule has 0 saturated heterocycles. The second-order valence-corrected chi connectivity index (χ2v) is 3.42. The summed E-state index contributed by atoms with van der Waals surface area (Å²) >= 11 is 0. The first-order valence-electron chi connectivity index (χ1n) is 4.89. The molecule has 1 N–H and O–H groups in total. The van der Waals surface area contributed by atoms with Gasteiger partial charge in [0, 0.05) is 11.6 Å². The normalized spacial score (nSPS) is 10.5. The third-order valence-corrected chi connectivity index (χ3v) is 2.16. The quantitative estimate of drug-likeness (QED) is 0.848. The van der Waals surface area contributed by atoms with Crippen molar-refractivity contribution in [2.45, 2.75) is 6.61 Å². The standard InChI is InChI=1S/C12H11NO3/c14-12(15)8-16-7-9-3-4-11-10(6-9)2-1-5-13-11/h1-6H,7-8H2,(H,14,15). The van der Waals surface area contributed by atoms with E-state index < -0.39 is 5.97 Å². The number of benzene rings is 1. The number of ether oxygens (including phenoxy) is 1. The molecule has 0 spiro atoms. The molecule has 0 fully saturated rings. The van der Waals surface area contributed by atoms with E-state index in [1.807, 2.05) is 30.3 Å². The molecule has 2 aromatic rings. The number of pyridine rings is 1. The lowest BCUT2D eigenvalue weighted by Crippen LogP contribution is -2.06. The Morgan fingerprint density at radius 3 is 3.06 bits per heavy atom. The molecule has 0 saturated carbocycles. The van der Waals surface area contributed by atoms with Crippen molar-refractivity contribution in [3.8, 4) is 0 Å². The smallest absolute Gasteiger partial charge is 0.329 e. The minimum atomic E-state index is -0.956. The Morgan fingerprint density at radius 2 is 2.25 bits per heavy atom. The maximum absolute atomic E-state index is 10.3. The molecule has 0 aliphatic heterocycles. The molecule has 0 unspecified atom stereocenters. The van der Waals surface area contributed by atoms with E-state index in [9.17, 15) is 4.79 Å². The molecule has 16 heavy (non-hydrogen) atoms. The van der Waals surface area contributed by atoms with Gasteiger partial charge in [-0.25, -0.2) is 4.79 Å². The highest BCUT2D eigenvalue weighted by molar-refractivity contribution is 5.78. The first kappa shape index (κ1) is 10.6. The van der Waals surface area contributed by atoms with Crippen LogP contribution in [0.15, 0.2) is 36.5 Å². The summed E-state index contributed by atoms with van der Waals surface area (Å²) < 4.78 is 5.01. The number of rotatable bonds is 4. The van der Waals surface area contributed by atoms with Crippen molar-refractivity contribution in [3.63, 3.8) is 0 Å². The van der Waals surface area contributed by atoms with E-state index in [1.165, 1.54) is 0 Å². The summed E-state index contributed by atoms with van der Waals surface area (Å²) in [5.41, 5.74) is 1.87. The first-order valence-corrected chi connectivity index (χ1v) is 4.89. The van der Waals surface area contributed by atoms with E-state index in [0.717, 1.165) is 16.5 Å². The van der Waals surface area contributed by atoms with Gasteiger partial charge >= 0.3 is 5.97 Å². The third kappa shape index (κ3) is 2.55. The zero-order valence-corrected chi connectivity index (χ0v) is 8.59. The molecule has 1 aromatic heterocycles. The number of carbonyl (C=O) groups is 1. The molecule has 1 aromatic carbocycles. The highest BCUT2D eigenvalue weighted by atomic mass is 16.5. The Morgan fingerprint density at radius 1 is 1.38 bits per heavy atom. The van der Waals surface area contributed by atoms with Gasteiger partial charge < -0.3 is 9.84 Å². The van der Waals surface area contributed by atoms with Crippen molar-refractivity contribution < 1.29 is 14.6 Å². The molecular weight excluding hydrogens is 206 g/mol. The van der Waals surface area contributed by atoms with Crippen LogP contribution in [-0.2, 0) is 16.1 Å². The van der Waals surface area contributed by atoms with Crippen LogP contribution in [-0.4, -0.2) is 22.7 Å². The van der Waals surface area contributed by atoms with Crippen molar-refractivity contribution in [2.75, 3.05) is 6.61 Å². The predicted octanol–water partition coefficient (Wildman–Crippen LogP) is 1.84. The van der Waals surface area contributed by atoms with Gasteiger partial charge in [-0.3, -0.25) is 4.98 Å². The molecule has 0 aliphatic carbocycles. The minimum absolute atomic E-state index is 0.273. The van der Waals surface area contributed by atoms with E-state index in [4.69, 9.17) is 9.84 Å². The average molecular weight is 217 g/mol. The molecule has 2 rings (SSSR count). The fraction of sp³-hybridized carbons (Fsp3) is 0.167. The van der Waals surface area contributed by atoms with Gasteiger partial charge in [0.2, 0.25) is 0 Å². The van der Waals surface area contributed by atoms with Gasteiger partial charge in [-0.05, 0) is 23.8 Å². The summed E-state index contributed by atoms with van der Waals surface area (Å²) in [6, 6.07) is 9.56. The van der Waals surface area contributed by atoms with Crippen molar-refractivity contribution in [1.82, 2.24) is 4.98 Å². The first-order chi connectivity index (χ1) is 7.75. The van der Waals surface area contributed by atoms with Crippen LogP contribution in [0.2, 0.25) is 0 Å². The lowest BCUT2D eigenvalue weighted by Gasteiger charge is -2.03. The number of hydrogen-bond donors (Lipinski definition) is 1. The summed E-state index contributed by atoms with van der Waals surface area (Å²) in [5.74, 6) is -0.956. The molecule has 0 radical (unpaired) electrons. The Labute approximate surface area is 92.5 Å². The van der Waals surface area contributed by atoms with E-state index in [0.29, 0.717) is 6.61 Å². The van der Waals surface area contributed by atoms with Crippen LogP contribution in [0.4, 0.5) is 0 Å². The average Bonchev–Trinajstić information content (AvgIpc) is 2.28. The highest BCUT2D eigenvalue weighted by Crippen LogP contribution is 2.13. The van der Waals surface area contributed by atoms with Gasteiger partial charge in [0.05, 0.1) is 12.1 Å². The number of hydrogen-bond acceptors (Lipinski definition) is 3. The number of aliphatic carboxylic acids is 1. The number of fused-ring (bicyclic) bond motifs is 1. The molecule has 1 heterocycles. The van der Waals surface area contributed by atoms with Crippen molar-refractivity contribution in [1.29, 1.82) is 0 Å². The Bertz CT molecular complexity index is 510. The van der Waals surface area contributed by atoms with Crippen molar-refractivity contribution >= 4 is 16.9 Å². The van der Waals surface area contributed by atoms with Gasteiger partial charge in [0.25, 0.3) is 0 Å². The zero-order chi connectivity index (χ0) is 11.4. The van der Waals surface area contributed by atoms with E-state index >= 15 is 0 Å². The number of nitrogens with zero attached hydrogens (tertiary/aromatic N) is 1. The highest BCUT2D eigenvalue weighted by Gasteiger charge is 1.99. The maximum atomic E-state index is 10.3. The maximum Gasteiger partial charge on any atom is 0.329 e. The fourth-order valence-electron chi connectivity index (χ4n) is 1.47. The topological polar surface area (TPSA) is 59.4 Å². The van der Waals surface area contributed by atoms with E-state index in [-0.39, 0.29) is 6.61 Å². The van der Waals surface area contributed by atoms with Gasteiger partial charge in [0.1, 0.15) is 6.61 Å². The Hall–Kier alpha value is -1.94. The largest absolute Gasteiger partial charge is 0.480 e. The van der Waals surface area contributed by atoms with Crippen LogP contribution in [0.5, 0.6) is 0 Å². The molecule has 0 amide bonds. The summed E-state index contributed by atoms with van der Waals surface area (Å²) in [6.45, 7) is 0.0300. The van der Waals surface area contributed by atoms with Crippen LogP contribution < -0.4 is 0 Å². The number of carboxylic acid groups (broad SMARTS) is 1. The molecular formula is C12H11NO3. The Kier molecular flexibility index (Phi) is 3.12. The molecule has 82 valence electrons. The summed E-state index contributed by atoms with van der Waals surface area (Å²) in [7, 11) is 0. The lowest BCUT2D eigenvalue weighted by molar-refractivity contribution is -0.142. The van der Waals surface area contributed by atoms with E-state index in [2.05, 4.69) is 4.98 Å². The van der Waals surface area contributed by atoms with Crippen LogP contribution in [0.25, 0.3) is 10.9 Å². The van der Waals surface area contributed by atoms with Gasteiger partial charge in [-0.2, -0.15) is 0 Å². The monoisotopic (exact) mass is 217 g/mol. The predicted molar refractivity (Wildman–Crippen MR) is 59.0 cm³/mol. The minimum Gasteiger partial charge on any atom is -0.480 e. The van der Waals surface area contributed by atoms with Gasteiger partial charge in [0.15, 0.2) is 0 Å². The number of aromatic nitrogens is 1. The number of carboxylic acids is 1. The van der Waals surface area contributed by atoms with Crippen LogP contribution >= 0.6 is 0 Å². The lowest BCUT2D eigenvalue weighted by atomic mass is 10.1. The molecule has 0 atom stereocenters. The van der Waals surface area contributed by atoms with Gasteiger partial charge in [-0.15, -0.1) is 0 Å².